The van der Waals surface area contributed by atoms with Crippen LogP contribution in [0.25, 0.3) is 32.3 Å². The number of methoxy groups -OCH3 is 2. The molecule has 4 atom stereocenters. The molecule has 4 aromatic rings. The average Bonchev–Trinajstić information content (AvgIpc) is 4.00. The molecule has 282 valence electrons. The van der Waals surface area contributed by atoms with Gasteiger partial charge in [0.1, 0.15) is 23.7 Å². The number of amides is 4. The summed E-state index contributed by atoms with van der Waals surface area (Å²) in [7, 11) is 2.58. The second-order valence-corrected chi connectivity index (χ2v) is 15.3. The van der Waals surface area contributed by atoms with Crippen molar-refractivity contribution >= 4 is 35.3 Å². The number of thiophene rings is 1. The number of aromatic amines is 2. The smallest absolute Gasteiger partial charge is 0.407 e. The summed E-state index contributed by atoms with van der Waals surface area (Å²) in [5.74, 6) is 0.962. The van der Waals surface area contributed by atoms with Gasteiger partial charge in [-0.2, -0.15) is 0 Å². The minimum Gasteiger partial charge on any atom is -0.453 e. The monoisotopic (exact) mass is 744 g/mol. The van der Waals surface area contributed by atoms with Crippen molar-refractivity contribution in [2.45, 2.75) is 77.5 Å². The van der Waals surface area contributed by atoms with Gasteiger partial charge >= 0.3 is 12.2 Å². The Labute approximate surface area is 313 Å². The normalized spacial score (nSPS) is 18.3. The lowest BCUT2D eigenvalue weighted by molar-refractivity contribution is -0.136. The van der Waals surface area contributed by atoms with Crippen molar-refractivity contribution in [3.63, 3.8) is 0 Å². The summed E-state index contributed by atoms with van der Waals surface area (Å²) in [6, 6.07) is 10.6. The van der Waals surface area contributed by atoms with Gasteiger partial charge in [0.25, 0.3) is 0 Å². The van der Waals surface area contributed by atoms with Crippen LogP contribution in [0.15, 0.2) is 48.8 Å². The lowest BCUT2D eigenvalue weighted by Crippen LogP contribution is -2.51. The van der Waals surface area contributed by atoms with Gasteiger partial charge in [0.2, 0.25) is 11.8 Å². The van der Waals surface area contributed by atoms with E-state index in [9.17, 15) is 19.2 Å². The fraction of sp³-hybridized carbons (Fsp3) is 0.474. The first-order valence-electron chi connectivity index (χ1n) is 18.1. The second kappa shape index (κ2) is 16.2. The molecule has 2 aliphatic heterocycles. The van der Waals surface area contributed by atoms with Crippen molar-refractivity contribution in [2.75, 3.05) is 27.3 Å². The third-order valence-corrected chi connectivity index (χ3v) is 11.2. The van der Waals surface area contributed by atoms with E-state index in [0.29, 0.717) is 13.1 Å². The van der Waals surface area contributed by atoms with Gasteiger partial charge in [-0.3, -0.25) is 9.59 Å². The molecule has 5 heterocycles. The summed E-state index contributed by atoms with van der Waals surface area (Å²) < 4.78 is 9.50. The zero-order chi connectivity index (χ0) is 37.8. The molecule has 0 radical (unpaired) electrons. The van der Waals surface area contributed by atoms with E-state index in [2.05, 4.69) is 67.0 Å². The summed E-state index contributed by atoms with van der Waals surface area (Å²) in [5, 5.41) is 5.39. The van der Waals surface area contributed by atoms with Crippen LogP contribution in [0, 0.1) is 11.8 Å². The number of imidazole rings is 2. The van der Waals surface area contributed by atoms with E-state index < -0.39 is 24.3 Å². The molecule has 2 saturated heterocycles. The number of hydrogen-bond acceptors (Lipinski definition) is 9. The lowest BCUT2D eigenvalue weighted by atomic mass is 10.0. The first-order valence-corrected chi connectivity index (χ1v) is 18.9. The van der Waals surface area contributed by atoms with Crippen LogP contribution in [0.2, 0.25) is 0 Å². The van der Waals surface area contributed by atoms with Crippen molar-refractivity contribution < 1.29 is 28.7 Å². The molecule has 3 aromatic heterocycles. The average molecular weight is 745 g/mol. The molecule has 15 heteroatoms. The van der Waals surface area contributed by atoms with Crippen LogP contribution in [0.1, 0.15) is 77.1 Å². The fourth-order valence-corrected chi connectivity index (χ4v) is 8.10. The number of benzene rings is 1. The number of hydrogen-bond donors (Lipinski definition) is 4. The molecule has 4 unspecified atom stereocenters. The van der Waals surface area contributed by atoms with Crippen molar-refractivity contribution in [3.05, 3.63) is 60.4 Å². The number of likely N-dealkylation sites (tertiary alicyclic amines) is 2. The van der Waals surface area contributed by atoms with E-state index in [-0.39, 0.29) is 35.7 Å². The minimum atomic E-state index is -0.688. The number of ether oxygens (including phenoxy) is 2. The number of alkyl carbamates (subject to hydrolysis) is 2. The molecule has 4 amide bonds. The molecule has 0 spiro atoms. The molecule has 2 fully saturated rings. The molecule has 0 aliphatic carbocycles. The Balaban J connectivity index is 1.12. The van der Waals surface area contributed by atoms with E-state index in [4.69, 9.17) is 9.47 Å². The Morgan fingerprint density at radius 3 is 1.64 bits per heavy atom. The Morgan fingerprint density at radius 1 is 0.698 bits per heavy atom. The second-order valence-electron chi connectivity index (χ2n) is 14.2. The van der Waals surface area contributed by atoms with E-state index in [1.54, 1.807) is 22.4 Å². The number of carbonyl (C=O) groups is 4. The molecular weight excluding hydrogens is 697 g/mol. The molecule has 0 saturated carbocycles. The van der Waals surface area contributed by atoms with Crippen molar-refractivity contribution in [2.24, 2.45) is 11.8 Å². The van der Waals surface area contributed by atoms with Crippen LogP contribution in [0.4, 0.5) is 9.59 Å². The van der Waals surface area contributed by atoms with Crippen molar-refractivity contribution in [3.8, 4) is 32.3 Å². The van der Waals surface area contributed by atoms with Gasteiger partial charge in [-0.15, -0.1) is 11.3 Å². The summed E-state index contributed by atoms with van der Waals surface area (Å²) in [6.07, 6.45) is 5.63. The maximum Gasteiger partial charge on any atom is 0.407 e. The van der Waals surface area contributed by atoms with Crippen LogP contribution in [-0.4, -0.2) is 93.1 Å². The Bertz CT molecular complexity index is 1920. The van der Waals surface area contributed by atoms with E-state index in [1.165, 1.54) is 14.2 Å². The van der Waals surface area contributed by atoms with Gasteiger partial charge < -0.3 is 39.9 Å². The Kier molecular flexibility index (Phi) is 11.5. The maximum absolute atomic E-state index is 13.5. The highest BCUT2D eigenvalue weighted by Crippen LogP contribution is 2.38. The van der Waals surface area contributed by atoms with Crippen molar-refractivity contribution in [1.29, 1.82) is 0 Å². The number of nitrogens with zero attached hydrogens (tertiary/aromatic N) is 4. The highest BCUT2D eigenvalue weighted by Gasteiger charge is 2.39. The minimum absolute atomic E-state index is 0.104. The molecule has 2 aliphatic rings. The zero-order valence-corrected chi connectivity index (χ0v) is 31.8. The summed E-state index contributed by atoms with van der Waals surface area (Å²) in [6.45, 7) is 8.79. The summed E-state index contributed by atoms with van der Waals surface area (Å²) in [5.41, 5.74) is 3.78. The largest absolute Gasteiger partial charge is 0.453 e. The fourth-order valence-electron chi connectivity index (χ4n) is 7.12. The van der Waals surface area contributed by atoms with Crippen LogP contribution in [0.3, 0.4) is 0 Å². The van der Waals surface area contributed by atoms with E-state index in [1.807, 2.05) is 38.8 Å². The summed E-state index contributed by atoms with van der Waals surface area (Å²) >= 11 is 1.65. The maximum atomic E-state index is 13.5. The molecule has 53 heavy (non-hydrogen) atoms. The van der Waals surface area contributed by atoms with Crippen LogP contribution in [0.5, 0.6) is 0 Å². The molecule has 0 bridgehead atoms. The molecule has 1 aromatic carbocycles. The summed E-state index contributed by atoms with van der Waals surface area (Å²) in [4.78, 5) is 72.9. The highest BCUT2D eigenvalue weighted by atomic mass is 32.1. The Morgan fingerprint density at radius 2 is 1.15 bits per heavy atom. The lowest BCUT2D eigenvalue weighted by Gasteiger charge is -2.30. The number of H-pyrrole nitrogens is 2. The van der Waals surface area contributed by atoms with Crippen LogP contribution >= 0.6 is 11.3 Å². The standard InChI is InChI=1S/C38H48N8O6S/c1-21(2)31(43-37(49)51-5)35(47)45-17-7-9-27(45)33-39-19-25(41-33)23-11-13-24(14-12-23)29-15-16-30(53-29)26-20-40-34(42-26)28-10-8-18-46(28)36(48)32(22(3)4)44-38(50)52-6/h11-16,19-22,27-28,31-32H,7-10,17-18H2,1-6H3,(H,39,41)(H,40,42)(H,43,49)(H,44,50). The predicted molar refractivity (Wildman–Crippen MR) is 201 cm³/mol. The molecule has 6 rings (SSSR count). The van der Waals surface area contributed by atoms with Gasteiger partial charge in [-0.25, -0.2) is 19.6 Å². The van der Waals surface area contributed by atoms with Crippen molar-refractivity contribution in [1.82, 2.24) is 40.4 Å². The number of carbonyl (C=O) groups excluding carboxylic acids is 4. The van der Waals surface area contributed by atoms with Gasteiger partial charge in [-0.05, 0) is 60.8 Å². The SMILES string of the molecule is COC(=O)NC(C(=O)N1CCCC1c1ncc(-c2ccc(-c3ccc(-c4cnc(C5CCCN5C(=O)C(NC(=O)OC)C(C)C)[nH]4)s3)cc2)[nH]1)C(C)C. The molecular formula is C38H48N8O6S. The number of aromatic nitrogens is 4. The van der Waals surface area contributed by atoms with Gasteiger partial charge in [0.15, 0.2) is 0 Å². The van der Waals surface area contributed by atoms with Gasteiger partial charge in [0, 0.05) is 18.0 Å². The molecule has 14 nitrogen and oxygen atoms in total. The third-order valence-electron chi connectivity index (χ3n) is 10.0. The van der Waals surface area contributed by atoms with E-state index in [0.717, 1.165) is 69.6 Å². The van der Waals surface area contributed by atoms with Gasteiger partial charge in [0.05, 0.1) is 55.0 Å². The first-order chi connectivity index (χ1) is 25.5. The van der Waals surface area contributed by atoms with Gasteiger partial charge in [-0.1, -0.05) is 52.0 Å². The van der Waals surface area contributed by atoms with E-state index >= 15 is 0 Å². The quantitative estimate of drug-likeness (QED) is 0.139. The number of rotatable bonds is 11. The zero-order valence-electron chi connectivity index (χ0n) is 31.0. The highest BCUT2D eigenvalue weighted by molar-refractivity contribution is 7.18. The van der Waals surface area contributed by atoms with Crippen LogP contribution in [-0.2, 0) is 19.1 Å². The van der Waals surface area contributed by atoms with Crippen LogP contribution < -0.4 is 10.6 Å². The third kappa shape index (κ3) is 8.09. The topological polar surface area (TPSA) is 175 Å². The molecule has 4 N–H and O–H groups in total. The number of nitrogens with one attached hydrogen (secondary N) is 4. The Hall–Kier alpha value is -5.18. The first kappa shape index (κ1) is 37.6. The predicted octanol–water partition coefficient (Wildman–Crippen LogP) is 6.28.